The number of imide groups is 1. The van der Waals surface area contributed by atoms with Gasteiger partial charge in [0.1, 0.15) is 5.60 Å². The first kappa shape index (κ1) is 21.8. The summed E-state index contributed by atoms with van der Waals surface area (Å²) in [5, 5.41) is 16.5. The lowest BCUT2D eigenvalue weighted by Gasteiger charge is -2.21. The monoisotopic (exact) mass is 372 g/mol. The molecule has 1 aliphatic rings. The molecular weight excluding hydrogens is 344 g/mol. The predicted molar refractivity (Wildman–Crippen MR) is 92.5 cm³/mol. The van der Waals surface area contributed by atoms with E-state index >= 15 is 0 Å². The predicted octanol–water partition coefficient (Wildman–Crippen LogP) is -0.709. The molecule has 0 saturated carbocycles. The number of likely N-dealkylation sites (N-methyl/N-ethyl adjacent to an activating group) is 1. The highest BCUT2D eigenvalue weighted by Crippen LogP contribution is 2.11. The summed E-state index contributed by atoms with van der Waals surface area (Å²) in [5.41, 5.74) is -0.688. The third-order valence-electron chi connectivity index (χ3n) is 3.66. The fourth-order valence-corrected chi connectivity index (χ4v) is 2.63. The number of hydrogen-bond donors (Lipinski definition) is 4. The van der Waals surface area contributed by atoms with Gasteiger partial charge in [-0.2, -0.15) is 0 Å². The average Bonchev–Trinajstić information content (AvgIpc) is 2.89. The van der Waals surface area contributed by atoms with Crippen molar-refractivity contribution in [3.05, 3.63) is 0 Å². The quantitative estimate of drug-likeness (QED) is 0.460. The summed E-state index contributed by atoms with van der Waals surface area (Å²) < 4.78 is 5.02. The van der Waals surface area contributed by atoms with Crippen molar-refractivity contribution in [3.63, 3.8) is 0 Å². The number of carboxylic acid groups (broad SMARTS) is 1. The van der Waals surface area contributed by atoms with Gasteiger partial charge in [-0.25, -0.2) is 4.79 Å². The Balaban J connectivity index is 2.45. The van der Waals surface area contributed by atoms with Crippen LogP contribution in [0.5, 0.6) is 0 Å². The number of ether oxygens (including phenoxy) is 1. The lowest BCUT2D eigenvalue weighted by atomic mass is 10.1. The summed E-state index contributed by atoms with van der Waals surface area (Å²) in [6.45, 7) is 6.18. The zero-order valence-corrected chi connectivity index (χ0v) is 15.6. The Bertz CT molecular complexity index is 545. The molecule has 1 saturated heterocycles. The minimum absolute atomic E-state index is 0.0149. The molecule has 0 aromatic rings. The molecule has 1 heterocycles. The second-order valence-electron chi connectivity index (χ2n) is 7.20. The van der Waals surface area contributed by atoms with E-state index in [-0.39, 0.29) is 19.0 Å². The molecule has 0 aromatic heterocycles. The third-order valence-corrected chi connectivity index (χ3v) is 3.66. The van der Waals surface area contributed by atoms with Gasteiger partial charge >= 0.3 is 12.1 Å². The first-order valence-corrected chi connectivity index (χ1v) is 8.44. The number of alkyl carbamates (subject to hydrolysis) is 1. The molecule has 26 heavy (non-hydrogen) atoms. The van der Waals surface area contributed by atoms with Crippen molar-refractivity contribution in [1.29, 1.82) is 0 Å². The summed E-state index contributed by atoms with van der Waals surface area (Å²) in [7, 11) is 1.45. The van der Waals surface area contributed by atoms with Crippen molar-refractivity contribution < 1.29 is 29.0 Å². The average molecular weight is 372 g/mol. The topological polar surface area (TPSA) is 137 Å². The van der Waals surface area contributed by atoms with Gasteiger partial charge in [-0.15, -0.1) is 0 Å². The van der Waals surface area contributed by atoms with E-state index in [0.717, 1.165) is 0 Å². The summed E-state index contributed by atoms with van der Waals surface area (Å²) in [4.78, 5) is 48.0. The Labute approximate surface area is 152 Å². The van der Waals surface area contributed by atoms with Gasteiger partial charge in [0.25, 0.3) is 0 Å². The van der Waals surface area contributed by atoms with Crippen LogP contribution in [0.1, 0.15) is 33.6 Å². The number of carboxylic acids is 1. The molecule has 1 rings (SSSR count). The fourth-order valence-electron chi connectivity index (χ4n) is 2.63. The van der Waals surface area contributed by atoms with E-state index < -0.39 is 35.5 Å². The molecule has 0 radical (unpaired) electrons. The van der Waals surface area contributed by atoms with Gasteiger partial charge in [-0.1, -0.05) is 0 Å². The number of likely N-dealkylation sites (tertiary alicyclic amines) is 1. The molecule has 10 heteroatoms. The molecule has 0 aromatic carbocycles. The second-order valence-corrected chi connectivity index (χ2v) is 7.20. The molecule has 1 aliphatic heterocycles. The van der Waals surface area contributed by atoms with Crippen molar-refractivity contribution in [3.8, 4) is 0 Å². The lowest BCUT2D eigenvalue weighted by molar-refractivity contribution is -0.140. The van der Waals surface area contributed by atoms with Crippen molar-refractivity contribution in [2.24, 2.45) is 0 Å². The van der Waals surface area contributed by atoms with E-state index in [9.17, 15) is 19.2 Å². The molecule has 2 atom stereocenters. The van der Waals surface area contributed by atoms with Gasteiger partial charge < -0.3 is 20.5 Å². The fraction of sp³-hybridized carbons (Fsp3) is 0.750. The number of amides is 3. The molecular formula is C16H28N4O6. The second kappa shape index (κ2) is 9.48. The Morgan fingerprint density at radius 2 is 1.92 bits per heavy atom. The van der Waals surface area contributed by atoms with E-state index in [4.69, 9.17) is 9.84 Å². The van der Waals surface area contributed by atoms with Gasteiger partial charge in [0.2, 0.25) is 11.8 Å². The van der Waals surface area contributed by atoms with Crippen LogP contribution in [-0.4, -0.2) is 78.3 Å². The van der Waals surface area contributed by atoms with Crippen LogP contribution in [0.15, 0.2) is 0 Å². The van der Waals surface area contributed by atoms with Crippen molar-refractivity contribution in [1.82, 2.24) is 20.9 Å². The van der Waals surface area contributed by atoms with Crippen LogP contribution in [-0.2, 0) is 19.1 Å². The summed E-state index contributed by atoms with van der Waals surface area (Å²) in [6.07, 6.45) is -0.459. The van der Waals surface area contributed by atoms with Crippen LogP contribution in [0.4, 0.5) is 4.79 Å². The molecule has 0 bridgehead atoms. The largest absolute Gasteiger partial charge is 0.481 e. The van der Waals surface area contributed by atoms with Crippen molar-refractivity contribution in [2.75, 3.05) is 26.7 Å². The number of rotatable bonds is 7. The number of nitrogens with zero attached hydrogens (tertiary/aromatic N) is 1. The highest BCUT2D eigenvalue weighted by atomic mass is 16.6. The van der Waals surface area contributed by atoms with E-state index in [2.05, 4.69) is 16.0 Å². The molecule has 1 unspecified atom stereocenters. The number of aliphatic carboxylic acids is 1. The minimum atomic E-state index is -1.07. The number of nitrogens with one attached hydrogen (secondary N) is 3. The number of carbonyl (C=O) groups is 4. The lowest BCUT2D eigenvalue weighted by Crippen LogP contribution is -2.49. The Morgan fingerprint density at radius 3 is 2.46 bits per heavy atom. The highest BCUT2D eigenvalue weighted by molar-refractivity contribution is 5.93. The van der Waals surface area contributed by atoms with Gasteiger partial charge in [0.05, 0.1) is 19.0 Å². The van der Waals surface area contributed by atoms with E-state index in [1.54, 1.807) is 20.8 Å². The highest BCUT2D eigenvalue weighted by Gasteiger charge is 2.29. The van der Waals surface area contributed by atoms with Crippen LogP contribution in [0.2, 0.25) is 0 Å². The number of carbonyl (C=O) groups excluding carboxylic acids is 3. The summed E-state index contributed by atoms with van der Waals surface area (Å²) in [5.74, 6) is -1.94. The van der Waals surface area contributed by atoms with Crippen molar-refractivity contribution in [2.45, 2.75) is 51.3 Å². The molecule has 1 fully saturated rings. The normalized spacial score (nSPS) is 18.8. The van der Waals surface area contributed by atoms with Gasteiger partial charge in [-0.05, 0) is 27.2 Å². The molecule has 0 aliphatic carbocycles. The van der Waals surface area contributed by atoms with Crippen LogP contribution in [0.25, 0.3) is 0 Å². The van der Waals surface area contributed by atoms with E-state index in [0.29, 0.717) is 19.5 Å². The number of hydrogen-bond acceptors (Lipinski definition) is 7. The maximum Gasteiger partial charge on any atom is 0.414 e. The standard InChI is InChI=1S/C16H28N4O6/c1-16(2,3)26-15(25)19-12(21)9-20-6-5-10(8-20)18-11(7-13(22)23)14(24)17-4/h10-11,18H,5-9H2,1-4H3,(H,17,24)(H,22,23)(H,19,21,25)/t10?,11-/m0/s1. The summed E-state index contributed by atoms with van der Waals surface area (Å²) >= 11 is 0. The van der Waals surface area contributed by atoms with Crippen molar-refractivity contribution >= 4 is 23.9 Å². The molecule has 10 nitrogen and oxygen atoms in total. The van der Waals surface area contributed by atoms with Crippen LogP contribution < -0.4 is 16.0 Å². The Hall–Kier alpha value is -2.20. The zero-order chi connectivity index (χ0) is 19.9. The molecule has 4 N–H and O–H groups in total. The van der Waals surface area contributed by atoms with Crippen LogP contribution in [0.3, 0.4) is 0 Å². The SMILES string of the molecule is CNC(=O)[C@H](CC(=O)O)NC1CCN(CC(=O)NC(=O)OC(C)(C)C)C1. The minimum Gasteiger partial charge on any atom is -0.481 e. The van der Waals surface area contributed by atoms with E-state index in [1.807, 2.05) is 4.90 Å². The molecule has 3 amide bonds. The maximum atomic E-state index is 11.9. The van der Waals surface area contributed by atoms with Gasteiger partial charge in [-0.3, -0.25) is 24.6 Å². The van der Waals surface area contributed by atoms with Gasteiger partial charge in [0, 0.05) is 26.2 Å². The molecule has 148 valence electrons. The zero-order valence-electron chi connectivity index (χ0n) is 15.6. The van der Waals surface area contributed by atoms with E-state index in [1.165, 1.54) is 7.05 Å². The van der Waals surface area contributed by atoms with Gasteiger partial charge in [0.15, 0.2) is 0 Å². The van der Waals surface area contributed by atoms with Crippen LogP contribution in [0, 0.1) is 0 Å². The Kier molecular flexibility index (Phi) is 7.97. The maximum absolute atomic E-state index is 11.9. The van der Waals surface area contributed by atoms with Crippen LogP contribution >= 0.6 is 0 Å². The smallest absolute Gasteiger partial charge is 0.414 e. The summed E-state index contributed by atoms with van der Waals surface area (Å²) in [6, 6.07) is -0.955. The third kappa shape index (κ3) is 8.26. The molecule has 0 spiro atoms. The Morgan fingerprint density at radius 1 is 1.27 bits per heavy atom. The first-order chi connectivity index (χ1) is 12.0. The first-order valence-electron chi connectivity index (χ1n) is 8.44.